The summed E-state index contributed by atoms with van der Waals surface area (Å²) in [6.45, 7) is 6.67. The largest absolute Gasteiger partial charge is 0.443 e. The number of aromatic nitrogens is 1. The molecule has 4 rings (SSSR count). The number of amides is 1. The van der Waals surface area contributed by atoms with E-state index in [1.807, 2.05) is 23.6 Å². The maximum atomic E-state index is 13.1. The predicted molar refractivity (Wildman–Crippen MR) is 119 cm³/mol. The molecule has 1 amide bonds. The van der Waals surface area contributed by atoms with Gasteiger partial charge in [-0.15, -0.1) is 0 Å². The molecule has 1 aromatic carbocycles. The summed E-state index contributed by atoms with van der Waals surface area (Å²) in [4.78, 5) is 28.2. The lowest BCUT2D eigenvalue weighted by Gasteiger charge is -2.25. The molecule has 3 aromatic rings. The highest BCUT2D eigenvalue weighted by Crippen LogP contribution is 2.20. The summed E-state index contributed by atoms with van der Waals surface area (Å²) in [5.74, 6) is 0.320. The van der Waals surface area contributed by atoms with E-state index in [0.29, 0.717) is 49.0 Å². The highest BCUT2D eigenvalue weighted by atomic mass is 35.5. The number of rotatable bonds is 7. The second-order valence-electron chi connectivity index (χ2n) is 7.69. The zero-order valence-electron chi connectivity index (χ0n) is 17.5. The van der Waals surface area contributed by atoms with Gasteiger partial charge in [0.15, 0.2) is 0 Å². The van der Waals surface area contributed by atoms with Crippen molar-refractivity contribution >= 4 is 28.6 Å². The Morgan fingerprint density at radius 3 is 2.65 bits per heavy atom. The van der Waals surface area contributed by atoms with Crippen LogP contribution in [-0.2, 0) is 24.4 Å². The molecular weight excluding hydrogens is 418 g/mol. The van der Waals surface area contributed by atoms with Crippen LogP contribution < -0.4 is 10.7 Å². The monoisotopic (exact) mass is 443 g/mol. The van der Waals surface area contributed by atoms with Crippen LogP contribution in [0.2, 0.25) is 5.02 Å². The lowest BCUT2D eigenvalue weighted by Crippen LogP contribution is -2.35. The van der Waals surface area contributed by atoms with E-state index in [1.54, 1.807) is 24.4 Å². The number of ether oxygens (including phenoxy) is 1. The Balaban J connectivity index is 1.60. The molecule has 31 heavy (non-hydrogen) atoms. The lowest BCUT2D eigenvalue weighted by molar-refractivity contribution is 0.0315. The summed E-state index contributed by atoms with van der Waals surface area (Å²) in [7, 11) is 0. The summed E-state index contributed by atoms with van der Waals surface area (Å²) >= 11 is 5.91. The molecule has 7 nitrogen and oxygen atoms in total. The number of aryl methyl sites for hydroxylation is 1. The molecule has 0 aliphatic carbocycles. The van der Waals surface area contributed by atoms with Crippen LogP contribution in [0, 0.1) is 0 Å². The zero-order chi connectivity index (χ0) is 21.8. The van der Waals surface area contributed by atoms with Crippen molar-refractivity contribution < 1.29 is 13.9 Å². The first-order chi connectivity index (χ1) is 15.0. The van der Waals surface area contributed by atoms with Gasteiger partial charge in [-0.1, -0.05) is 30.7 Å². The van der Waals surface area contributed by atoms with E-state index in [4.69, 9.17) is 20.8 Å². The van der Waals surface area contributed by atoms with Gasteiger partial charge in [-0.25, -0.2) is 0 Å². The quantitative estimate of drug-likeness (QED) is 0.605. The molecule has 2 aromatic heterocycles. The van der Waals surface area contributed by atoms with Gasteiger partial charge in [0.2, 0.25) is 11.1 Å². The van der Waals surface area contributed by atoms with E-state index in [2.05, 4.69) is 10.2 Å². The van der Waals surface area contributed by atoms with Gasteiger partial charge in [-0.3, -0.25) is 14.5 Å². The van der Waals surface area contributed by atoms with Gasteiger partial charge in [-0.2, -0.15) is 0 Å². The molecule has 0 unspecified atom stereocenters. The van der Waals surface area contributed by atoms with Crippen molar-refractivity contribution in [1.29, 1.82) is 0 Å². The smallest absolute Gasteiger partial charge is 0.257 e. The van der Waals surface area contributed by atoms with Gasteiger partial charge in [0.25, 0.3) is 5.91 Å². The molecular formula is C23H26ClN3O4. The molecule has 1 aliphatic heterocycles. The molecule has 0 radical (unpaired) electrons. The normalized spacial score (nSPS) is 14.8. The molecule has 1 aliphatic rings. The van der Waals surface area contributed by atoms with Gasteiger partial charge >= 0.3 is 0 Å². The number of morpholine rings is 1. The van der Waals surface area contributed by atoms with Crippen LogP contribution in [0.25, 0.3) is 11.1 Å². The third-order valence-electron chi connectivity index (χ3n) is 5.36. The van der Waals surface area contributed by atoms with Crippen molar-refractivity contribution in [2.45, 2.75) is 33.0 Å². The van der Waals surface area contributed by atoms with Gasteiger partial charge < -0.3 is 19.0 Å². The number of nitrogens with zero attached hydrogens (tertiary/aromatic N) is 2. The molecule has 1 saturated heterocycles. The molecule has 3 heterocycles. The Labute approximate surface area is 185 Å². The maximum absolute atomic E-state index is 13.1. The average Bonchev–Trinajstić information content (AvgIpc) is 3.20. The highest BCUT2D eigenvalue weighted by molar-refractivity contribution is 6.30. The number of benzene rings is 1. The second kappa shape index (κ2) is 9.68. The Hall–Kier alpha value is -2.61. The van der Waals surface area contributed by atoms with Crippen LogP contribution in [0.15, 0.2) is 45.7 Å². The first-order valence-electron chi connectivity index (χ1n) is 10.5. The van der Waals surface area contributed by atoms with Crippen LogP contribution in [-0.4, -0.2) is 41.7 Å². The molecule has 0 bridgehead atoms. The number of pyridine rings is 1. The van der Waals surface area contributed by atoms with Crippen molar-refractivity contribution in [1.82, 2.24) is 14.8 Å². The third-order valence-corrected chi connectivity index (χ3v) is 5.61. The molecule has 1 fully saturated rings. The number of furan rings is 1. The lowest BCUT2D eigenvalue weighted by atomic mass is 10.1. The van der Waals surface area contributed by atoms with E-state index in [-0.39, 0.29) is 11.0 Å². The van der Waals surface area contributed by atoms with Gasteiger partial charge in [0.1, 0.15) is 11.3 Å². The van der Waals surface area contributed by atoms with Gasteiger partial charge in [0, 0.05) is 37.4 Å². The van der Waals surface area contributed by atoms with Crippen molar-refractivity contribution in [2.24, 2.45) is 0 Å². The van der Waals surface area contributed by atoms with Crippen molar-refractivity contribution in [3.63, 3.8) is 0 Å². The fraction of sp³-hybridized carbons (Fsp3) is 0.391. The maximum Gasteiger partial charge on any atom is 0.257 e. The molecule has 164 valence electrons. The summed E-state index contributed by atoms with van der Waals surface area (Å²) in [5, 5.41) is 3.91. The van der Waals surface area contributed by atoms with Crippen molar-refractivity contribution in [2.75, 3.05) is 26.3 Å². The van der Waals surface area contributed by atoms with E-state index in [1.165, 1.54) is 0 Å². The Bertz CT molecular complexity index is 1110. The van der Waals surface area contributed by atoms with Gasteiger partial charge in [0.05, 0.1) is 25.1 Å². The summed E-state index contributed by atoms with van der Waals surface area (Å²) in [6.07, 6.45) is 2.46. The number of hydrogen-bond acceptors (Lipinski definition) is 5. The number of carbonyl (C=O) groups is 1. The summed E-state index contributed by atoms with van der Waals surface area (Å²) < 4.78 is 13.3. The van der Waals surface area contributed by atoms with Crippen LogP contribution >= 0.6 is 11.6 Å². The fourth-order valence-electron chi connectivity index (χ4n) is 3.73. The van der Waals surface area contributed by atoms with Crippen LogP contribution in [0.4, 0.5) is 0 Å². The minimum Gasteiger partial charge on any atom is -0.443 e. The topological polar surface area (TPSA) is 76.7 Å². The van der Waals surface area contributed by atoms with Crippen molar-refractivity contribution in [3.8, 4) is 0 Å². The molecule has 8 heteroatoms. The molecule has 1 N–H and O–H groups in total. The minimum atomic E-state index is -0.400. The SMILES string of the molecule is CCCn1cc(C(=O)NCc2ccc(Cl)cc2)c(=O)c2cc(CN3CCOCC3)oc21. The standard InChI is InChI=1S/C23H26ClN3O4/c1-2-7-27-15-20(22(29)25-13-16-3-5-17(24)6-4-16)21(28)19-12-18(31-23(19)27)14-26-8-10-30-11-9-26/h3-6,12,15H,2,7-11,13-14H2,1H3,(H,25,29). The number of halogens is 1. The summed E-state index contributed by atoms with van der Waals surface area (Å²) in [6, 6.07) is 9.00. The first-order valence-corrected chi connectivity index (χ1v) is 10.9. The van der Waals surface area contributed by atoms with Crippen LogP contribution in [0.1, 0.15) is 35.0 Å². The van der Waals surface area contributed by atoms with E-state index in [9.17, 15) is 9.59 Å². The van der Waals surface area contributed by atoms with E-state index >= 15 is 0 Å². The summed E-state index contributed by atoms with van der Waals surface area (Å²) in [5.41, 5.74) is 1.23. The number of nitrogens with one attached hydrogen (secondary N) is 1. The highest BCUT2D eigenvalue weighted by Gasteiger charge is 2.20. The first kappa shape index (κ1) is 21.6. The van der Waals surface area contributed by atoms with E-state index in [0.717, 1.165) is 30.8 Å². The number of fused-ring (bicyclic) bond motifs is 1. The average molecular weight is 444 g/mol. The number of hydrogen-bond donors (Lipinski definition) is 1. The zero-order valence-corrected chi connectivity index (χ0v) is 18.3. The van der Waals surface area contributed by atoms with Crippen LogP contribution in [0.3, 0.4) is 0 Å². The molecule has 0 atom stereocenters. The predicted octanol–water partition coefficient (Wildman–Crippen LogP) is 3.42. The minimum absolute atomic E-state index is 0.119. The van der Waals surface area contributed by atoms with Crippen molar-refractivity contribution in [3.05, 3.63) is 68.7 Å². The van der Waals surface area contributed by atoms with Crippen LogP contribution in [0.5, 0.6) is 0 Å². The Morgan fingerprint density at radius 2 is 1.94 bits per heavy atom. The molecule has 0 spiro atoms. The Kier molecular flexibility index (Phi) is 6.75. The number of carbonyl (C=O) groups excluding carboxylic acids is 1. The third kappa shape index (κ3) is 5.01. The Morgan fingerprint density at radius 1 is 1.19 bits per heavy atom. The fourth-order valence-corrected chi connectivity index (χ4v) is 3.86. The second-order valence-corrected chi connectivity index (χ2v) is 8.13. The molecule has 0 saturated carbocycles. The van der Waals surface area contributed by atoms with E-state index < -0.39 is 5.91 Å². The van der Waals surface area contributed by atoms with Gasteiger partial charge in [-0.05, 0) is 30.2 Å².